The largest absolute Gasteiger partial charge is 0.326 e. The van der Waals surface area contributed by atoms with E-state index in [4.69, 9.17) is 17.3 Å². The van der Waals surface area contributed by atoms with Crippen molar-refractivity contribution in [2.75, 3.05) is 5.75 Å². The van der Waals surface area contributed by atoms with Crippen molar-refractivity contribution in [2.45, 2.75) is 57.4 Å². The molecule has 0 aromatic carbocycles. The highest BCUT2D eigenvalue weighted by atomic mass is 35.5. The Labute approximate surface area is 118 Å². The molecule has 2 rings (SSSR count). The van der Waals surface area contributed by atoms with Gasteiger partial charge in [-0.15, -0.1) is 0 Å². The molecule has 0 radical (unpaired) electrons. The van der Waals surface area contributed by atoms with Gasteiger partial charge < -0.3 is 5.73 Å². The van der Waals surface area contributed by atoms with E-state index in [2.05, 4.69) is 12.0 Å². The van der Waals surface area contributed by atoms with Gasteiger partial charge in [0.2, 0.25) is 0 Å². The molecule has 1 saturated heterocycles. The number of aromatic nitrogens is 2. The Morgan fingerprint density at radius 1 is 1.56 bits per heavy atom. The number of nitrogens with zero attached hydrogens (tertiary/aromatic N) is 2. The molecule has 2 atom stereocenters. The highest BCUT2D eigenvalue weighted by Crippen LogP contribution is 2.29. The molecule has 5 heteroatoms. The minimum Gasteiger partial charge on any atom is -0.326 e. The third-order valence-electron chi connectivity index (χ3n) is 3.57. The lowest BCUT2D eigenvalue weighted by molar-refractivity contribution is 0.530. The van der Waals surface area contributed by atoms with Gasteiger partial charge in [0.15, 0.2) is 0 Å². The Morgan fingerprint density at radius 2 is 2.33 bits per heavy atom. The van der Waals surface area contributed by atoms with Crippen LogP contribution in [0.3, 0.4) is 0 Å². The maximum absolute atomic E-state index is 6.36. The van der Waals surface area contributed by atoms with Crippen molar-refractivity contribution in [3.05, 3.63) is 16.4 Å². The van der Waals surface area contributed by atoms with Gasteiger partial charge in [-0.3, -0.25) is 4.68 Å². The third-order valence-corrected chi connectivity index (χ3v) is 5.60. The molecule has 0 bridgehead atoms. The van der Waals surface area contributed by atoms with Gasteiger partial charge in [-0.05, 0) is 32.4 Å². The summed E-state index contributed by atoms with van der Waals surface area (Å²) in [7, 11) is 0. The number of thioether (sulfide) groups is 1. The van der Waals surface area contributed by atoms with E-state index in [0.29, 0.717) is 5.25 Å². The standard InChI is InChI=1S/C13H22ClN3S/c1-3-17-11(13(14)9(2)16-17)8-10(15)12-6-4-5-7-18-12/h10,12H,3-8,15H2,1-2H3. The summed E-state index contributed by atoms with van der Waals surface area (Å²) >= 11 is 8.35. The van der Waals surface area contributed by atoms with Crippen LogP contribution in [0.4, 0.5) is 0 Å². The zero-order valence-electron chi connectivity index (χ0n) is 11.2. The first-order chi connectivity index (χ1) is 8.63. The van der Waals surface area contributed by atoms with Crippen LogP contribution in [-0.4, -0.2) is 26.8 Å². The zero-order valence-corrected chi connectivity index (χ0v) is 12.7. The maximum Gasteiger partial charge on any atom is 0.0847 e. The molecular formula is C13H22ClN3S. The molecule has 0 spiro atoms. The molecule has 2 N–H and O–H groups in total. The Morgan fingerprint density at radius 3 is 2.94 bits per heavy atom. The van der Waals surface area contributed by atoms with Crippen molar-refractivity contribution in [2.24, 2.45) is 5.73 Å². The highest BCUT2D eigenvalue weighted by molar-refractivity contribution is 8.00. The molecular weight excluding hydrogens is 266 g/mol. The lowest BCUT2D eigenvalue weighted by Gasteiger charge is -2.27. The first-order valence-corrected chi connectivity index (χ1v) is 8.15. The Bertz CT molecular complexity index is 399. The summed E-state index contributed by atoms with van der Waals surface area (Å²) in [6, 6.07) is 0.189. The minimum atomic E-state index is 0.189. The number of nitrogens with two attached hydrogens (primary N) is 1. The minimum absolute atomic E-state index is 0.189. The summed E-state index contributed by atoms with van der Waals surface area (Å²) in [5.74, 6) is 1.25. The molecule has 0 saturated carbocycles. The molecule has 3 nitrogen and oxygen atoms in total. The summed E-state index contributed by atoms with van der Waals surface area (Å²) in [5, 5.41) is 5.83. The van der Waals surface area contributed by atoms with Crippen molar-refractivity contribution in [3.8, 4) is 0 Å². The van der Waals surface area contributed by atoms with Crippen LogP contribution in [-0.2, 0) is 13.0 Å². The van der Waals surface area contributed by atoms with Crippen molar-refractivity contribution >= 4 is 23.4 Å². The highest BCUT2D eigenvalue weighted by Gasteiger charge is 2.24. The smallest absolute Gasteiger partial charge is 0.0847 e. The van der Waals surface area contributed by atoms with Crippen LogP contribution in [0.2, 0.25) is 5.02 Å². The fraction of sp³-hybridized carbons (Fsp3) is 0.769. The van der Waals surface area contributed by atoms with Gasteiger partial charge in [0.1, 0.15) is 0 Å². The molecule has 1 aliphatic rings. The van der Waals surface area contributed by atoms with Crippen molar-refractivity contribution in [1.29, 1.82) is 0 Å². The average Bonchev–Trinajstić information content (AvgIpc) is 2.67. The second-order valence-electron chi connectivity index (χ2n) is 4.93. The third kappa shape index (κ3) is 3.03. The molecule has 102 valence electrons. The van der Waals surface area contributed by atoms with Crippen molar-refractivity contribution in [1.82, 2.24) is 9.78 Å². The van der Waals surface area contributed by atoms with E-state index < -0.39 is 0 Å². The van der Waals surface area contributed by atoms with Gasteiger partial charge in [0, 0.05) is 24.3 Å². The molecule has 18 heavy (non-hydrogen) atoms. The first kappa shape index (κ1) is 14.2. The molecule has 1 aliphatic heterocycles. The lowest BCUT2D eigenvalue weighted by atomic mass is 10.0. The summed E-state index contributed by atoms with van der Waals surface area (Å²) < 4.78 is 1.99. The monoisotopic (exact) mass is 287 g/mol. The van der Waals surface area contributed by atoms with E-state index in [0.717, 1.165) is 29.4 Å². The van der Waals surface area contributed by atoms with Gasteiger partial charge in [-0.25, -0.2) is 0 Å². The predicted octanol–water partition coefficient (Wildman–Crippen LogP) is 3.02. The van der Waals surface area contributed by atoms with Gasteiger partial charge >= 0.3 is 0 Å². The van der Waals surface area contributed by atoms with E-state index in [9.17, 15) is 0 Å². The van der Waals surface area contributed by atoms with E-state index in [1.807, 2.05) is 23.4 Å². The van der Waals surface area contributed by atoms with Gasteiger partial charge in [0.25, 0.3) is 0 Å². The van der Waals surface area contributed by atoms with Crippen LogP contribution in [0, 0.1) is 6.92 Å². The fourth-order valence-electron chi connectivity index (χ4n) is 2.52. The van der Waals surface area contributed by atoms with Crippen LogP contribution in [0.1, 0.15) is 37.6 Å². The lowest BCUT2D eigenvalue weighted by Crippen LogP contribution is -2.36. The maximum atomic E-state index is 6.36. The average molecular weight is 288 g/mol. The van der Waals surface area contributed by atoms with Crippen LogP contribution in [0.5, 0.6) is 0 Å². The van der Waals surface area contributed by atoms with Crippen LogP contribution >= 0.6 is 23.4 Å². The van der Waals surface area contributed by atoms with Gasteiger partial charge in [-0.1, -0.05) is 18.0 Å². The Balaban J connectivity index is 2.08. The zero-order chi connectivity index (χ0) is 13.1. The number of rotatable bonds is 4. The van der Waals surface area contributed by atoms with E-state index in [-0.39, 0.29) is 6.04 Å². The molecule has 1 aromatic heterocycles. The normalized spacial score (nSPS) is 22.1. The molecule has 1 fully saturated rings. The number of halogens is 1. The quantitative estimate of drug-likeness (QED) is 0.926. The van der Waals surface area contributed by atoms with Gasteiger partial charge in [0.05, 0.1) is 16.4 Å². The molecule has 1 aromatic rings. The van der Waals surface area contributed by atoms with Crippen LogP contribution < -0.4 is 5.73 Å². The molecule has 2 heterocycles. The topological polar surface area (TPSA) is 43.8 Å². The summed E-state index contributed by atoms with van der Waals surface area (Å²) in [6.07, 6.45) is 4.72. The first-order valence-electron chi connectivity index (χ1n) is 6.72. The van der Waals surface area contributed by atoms with Crippen molar-refractivity contribution in [3.63, 3.8) is 0 Å². The Kier molecular flexibility index (Phi) is 4.98. The second-order valence-corrected chi connectivity index (χ2v) is 6.66. The van der Waals surface area contributed by atoms with Crippen LogP contribution in [0.15, 0.2) is 0 Å². The predicted molar refractivity (Wildman–Crippen MR) is 79.4 cm³/mol. The fourth-order valence-corrected chi connectivity index (χ4v) is 4.08. The summed E-state index contributed by atoms with van der Waals surface area (Å²) in [5.41, 5.74) is 8.38. The van der Waals surface area contributed by atoms with Gasteiger partial charge in [-0.2, -0.15) is 16.9 Å². The van der Waals surface area contributed by atoms with E-state index in [1.54, 1.807) is 0 Å². The number of hydrogen-bond donors (Lipinski definition) is 1. The number of aryl methyl sites for hydroxylation is 2. The second kappa shape index (κ2) is 6.31. The summed E-state index contributed by atoms with van der Waals surface area (Å²) in [6.45, 7) is 4.90. The summed E-state index contributed by atoms with van der Waals surface area (Å²) in [4.78, 5) is 0. The Hall–Kier alpha value is -0.190. The van der Waals surface area contributed by atoms with E-state index in [1.165, 1.54) is 25.0 Å². The number of hydrogen-bond acceptors (Lipinski definition) is 3. The molecule has 0 amide bonds. The molecule has 2 unspecified atom stereocenters. The van der Waals surface area contributed by atoms with Crippen molar-refractivity contribution < 1.29 is 0 Å². The van der Waals surface area contributed by atoms with E-state index >= 15 is 0 Å². The molecule has 0 aliphatic carbocycles. The SMILES string of the molecule is CCn1nc(C)c(Cl)c1CC(N)C1CCCCS1. The van der Waals surface area contributed by atoms with Crippen LogP contribution in [0.25, 0.3) is 0 Å².